The topological polar surface area (TPSA) is 62.3 Å². The number of carbonyl (C=O) groups excluding carboxylic acids is 2. The average Bonchev–Trinajstić information content (AvgIpc) is 3.04. The number of rotatable bonds is 5. The summed E-state index contributed by atoms with van der Waals surface area (Å²) in [5.41, 5.74) is 3.48. The Kier molecular flexibility index (Phi) is 5.66. The van der Waals surface area contributed by atoms with Crippen molar-refractivity contribution < 1.29 is 9.59 Å². The van der Waals surface area contributed by atoms with E-state index in [-0.39, 0.29) is 23.8 Å². The van der Waals surface area contributed by atoms with Crippen LogP contribution in [0.25, 0.3) is 0 Å². The van der Waals surface area contributed by atoms with Crippen LogP contribution >= 0.6 is 0 Å². The number of nitrogens with one attached hydrogen (secondary N) is 1. The molecule has 2 atom stereocenters. The molecular weight excluding hydrogens is 326 g/mol. The van der Waals surface area contributed by atoms with Crippen LogP contribution in [0.1, 0.15) is 36.0 Å². The molecule has 0 radical (unpaired) electrons. The van der Waals surface area contributed by atoms with Gasteiger partial charge in [-0.05, 0) is 36.6 Å². The first-order chi connectivity index (χ1) is 12.5. The third-order valence-electron chi connectivity index (χ3n) is 4.94. The number of hydrogen-bond donors (Lipinski definition) is 1. The van der Waals surface area contributed by atoms with E-state index in [2.05, 4.69) is 41.5 Å². The van der Waals surface area contributed by atoms with Crippen LogP contribution in [-0.4, -0.2) is 40.8 Å². The van der Waals surface area contributed by atoms with E-state index in [0.29, 0.717) is 25.9 Å². The normalized spacial score (nSPS) is 19.4. The Morgan fingerprint density at radius 1 is 1.12 bits per heavy atom. The first-order valence-corrected chi connectivity index (χ1v) is 9.03. The van der Waals surface area contributed by atoms with E-state index in [9.17, 15) is 9.59 Å². The van der Waals surface area contributed by atoms with Gasteiger partial charge in [-0.15, -0.1) is 0 Å². The highest BCUT2D eigenvalue weighted by atomic mass is 16.2. The van der Waals surface area contributed by atoms with Crippen molar-refractivity contribution >= 4 is 11.8 Å². The molecule has 1 aromatic carbocycles. The smallest absolute Gasteiger partial charge is 0.222 e. The highest BCUT2D eigenvalue weighted by Gasteiger charge is 2.36. The fourth-order valence-corrected chi connectivity index (χ4v) is 3.53. The van der Waals surface area contributed by atoms with Crippen LogP contribution < -0.4 is 5.32 Å². The maximum Gasteiger partial charge on any atom is 0.222 e. The molecule has 0 bridgehead atoms. The lowest BCUT2D eigenvalue weighted by Gasteiger charge is -2.19. The first-order valence-electron chi connectivity index (χ1n) is 9.03. The van der Waals surface area contributed by atoms with Crippen molar-refractivity contribution in [1.29, 1.82) is 0 Å². The van der Waals surface area contributed by atoms with E-state index in [1.54, 1.807) is 12.4 Å². The Labute approximate surface area is 154 Å². The molecule has 5 heteroatoms. The Morgan fingerprint density at radius 3 is 2.46 bits per heavy atom. The molecule has 1 saturated heterocycles. The summed E-state index contributed by atoms with van der Waals surface area (Å²) in [4.78, 5) is 30.2. The number of carbonyl (C=O) groups is 2. The number of pyridine rings is 1. The molecule has 0 aliphatic carbocycles. The standard InChI is InChI=1S/C21H25N3O2/c1-15-3-6-18(7-4-15)19-13-24(14-20(19)23-16(2)25)21(26)8-5-17-9-11-22-12-10-17/h3-4,6-7,9-12,19-20H,5,8,13-14H2,1-2H3,(H,23,25)/t19-,20+/m0/s1. The minimum atomic E-state index is -0.0572. The molecule has 1 N–H and O–H groups in total. The van der Waals surface area contributed by atoms with Gasteiger partial charge in [0.2, 0.25) is 11.8 Å². The number of aryl methyl sites for hydroxylation is 2. The largest absolute Gasteiger partial charge is 0.351 e. The molecule has 136 valence electrons. The summed E-state index contributed by atoms with van der Waals surface area (Å²) >= 11 is 0. The summed E-state index contributed by atoms with van der Waals surface area (Å²) in [7, 11) is 0. The molecule has 2 amide bonds. The van der Waals surface area contributed by atoms with Gasteiger partial charge in [0.15, 0.2) is 0 Å². The van der Waals surface area contributed by atoms with E-state index in [0.717, 1.165) is 5.56 Å². The zero-order valence-corrected chi connectivity index (χ0v) is 15.3. The van der Waals surface area contributed by atoms with E-state index < -0.39 is 0 Å². The number of hydrogen-bond acceptors (Lipinski definition) is 3. The van der Waals surface area contributed by atoms with Gasteiger partial charge in [0.1, 0.15) is 0 Å². The summed E-state index contributed by atoms with van der Waals surface area (Å²) < 4.78 is 0. The van der Waals surface area contributed by atoms with Crippen LogP contribution in [0.4, 0.5) is 0 Å². The van der Waals surface area contributed by atoms with Crippen molar-refractivity contribution in [3.05, 3.63) is 65.5 Å². The summed E-state index contributed by atoms with van der Waals surface area (Å²) in [5, 5.41) is 3.02. The molecule has 26 heavy (non-hydrogen) atoms. The van der Waals surface area contributed by atoms with Gasteiger partial charge in [-0.2, -0.15) is 0 Å². The van der Waals surface area contributed by atoms with Gasteiger partial charge in [0, 0.05) is 44.7 Å². The first kappa shape index (κ1) is 18.1. The minimum Gasteiger partial charge on any atom is -0.351 e. The lowest BCUT2D eigenvalue weighted by atomic mass is 9.93. The highest BCUT2D eigenvalue weighted by molar-refractivity contribution is 5.78. The van der Waals surface area contributed by atoms with Crippen LogP contribution in [0.2, 0.25) is 0 Å². The molecule has 1 aliphatic rings. The van der Waals surface area contributed by atoms with Crippen LogP contribution in [0.5, 0.6) is 0 Å². The Morgan fingerprint density at radius 2 is 1.81 bits per heavy atom. The summed E-state index contributed by atoms with van der Waals surface area (Å²) in [5.74, 6) is 0.203. The number of aromatic nitrogens is 1. The Bertz CT molecular complexity index is 759. The maximum atomic E-state index is 12.7. The summed E-state index contributed by atoms with van der Waals surface area (Å²) in [6.07, 6.45) is 4.67. The fourth-order valence-electron chi connectivity index (χ4n) is 3.53. The number of nitrogens with zero attached hydrogens (tertiary/aromatic N) is 2. The third kappa shape index (κ3) is 4.48. The third-order valence-corrected chi connectivity index (χ3v) is 4.94. The number of amides is 2. The summed E-state index contributed by atoms with van der Waals surface area (Å²) in [6, 6.07) is 12.2. The molecule has 5 nitrogen and oxygen atoms in total. The van der Waals surface area contributed by atoms with Gasteiger partial charge in [0.05, 0.1) is 6.04 Å². The van der Waals surface area contributed by atoms with Crippen molar-refractivity contribution in [3.63, 3.8) is 0 Å². The molecule has 1 aromatic heterocycles. The zero-order chi connectivity index (χ0) is 18.5. The van der Waals surface area contributed by atoms with Crippen molar-refractivity contribution in [3.8, 4) is 0 Å². The van der Waals surface area contributed by atoms with Crippen molar-refractivity contribution in [1.82, 2.24) is 15.2 Å². The molecule has 2 aromatic rings. The van der Waals surface area contributed by atoms with E-state index in [1.165, 1.54) is 18.1 Å². The predicted molar refractivity (Wildman–Crippen MR) is 101 cm³/mol. The van der Waals surface area contributed by atoms with Gasteiger partial charge < -0.3 is 10.2 Å². The minimum absolute atomic E-state index is 0.0416. The molecule has 3 rings (SSSR count). The van der Waals surface area contributed by atoms with E-state index in [4.69, 9.17) is 0 Å². The molecular formula is C21H25N3O2. The van der Waals surface area contributed by atoms with Crippen molar-refractivity contribution in [2.24, 2.45) is 0 Å². The molecule has 0 spiro atoms. The second kappa shape index (κ2) is 8.13. The molecule has 0 unspecified atom stereocenters. The van der Waals surface area contributed by atoms with Crippen LogP contribution in [-0.2, 0) is 16.0 Å². The monoisotopic (exact) mass is 351 g/mol. The zero-order valence-electron chi connectivity index (χ0n) is 15.3. The lowest BCUT2D eigenvalue weighted by Crippen LogP contribution is -2.39. The number of likely N-dealkylation sites (tertiary alicyclic amines) is 1. The van der Waals surface area contributed by atoms with Crippen molar-refractivity contribution in [2.75, 3.05) is 13.1 Å². The van der Waals surface area contributed by atoms with Gasteiger partial charge in [-0.25, -0.2) is 0 Å². The molecule has 0 saturated carbocycles. The Balaban J connectivity index is 1.67. The average molecular weight is 351 g/mol. The van der Waals surface area contributed by atoms with Gasteiger partial charge in [-0.3, -0.25) is 14.6 Å². The molecule has 1 fully saturated rings. The highest BCUT2D eigenvalue weighted by Crippen LogP contribution is 2.28. The second-order valence-corrected chi connectivity index (χ2v) is 6.98. The van der Waals surface area contributed by atoms with Gasteiger partial charge in [-0.1, -0.05) is 29.8 Å². The molecule has 2 heterocycles. The van der Waals surface area contributed by atoms with E-state index >= 15 is 0 Å². The summed E-state index contributed by atoms with van der Waals surface area (Å²) in [6.45, 7) is 4.79. The lowest BCUT2D eigenvalue weighted by molar-refractivity contribution is -0.130. The fraction of sp³-hybridized carbons (Fsp3) is 0.381. The quantitative estimate of drug-likeness (QED) is 0.900. The van der Waals surface area contributed by atoms with Gasteiger partial charge in [0.25, 0.3) is 0 Å². The van der Waals surface area contributed by atoms with E-state index in [1.807, 2.05) is 17.0 Å². The van der Waals surface area contributed by atoms with Crippen molar-refractivity contribution in [2.45, 2.75) is 38.6 Å². The second-order valence-electron chi connectivity index (χ2n) is 6.98. The Hall–Kier alpha value is -2.69. The molecule has 1 aliphatic heterocycles. The predicted octanol–water partition coefficient (Wildman–Crippen LogP) is 2.45. The maximum absolute atomic E-state index is 12.7. The SMILES string of the molecule is CC(=O)N[C@@H]1CN(C(=O)CCc2ccncc2)C[C@H]1c1ccc(C)cc1. The van der Waals surface area contributed by atoms with Crippen LogP contribution in [0.15, 0.2) is 48.8 Å². The van der Waals surface area contributed by atoms with Crippen LogP contribution in [0, 0.1) is 6.92 Å². The van der Waals surface area contributed by atoms with Crippen LogP contribution in [0.3, 0.4) is 0 Å². The number of benzene rings is 1. The van der Waals surface area contributed by atoms with Gasteiger partial charge >= 0.3 is 0 Å².